The summed E-state index contributed by atoms with van der Waals surface area (Å²) in [6.07, 6.45) is 2.52. The van der Waals surface area contributed by atoms with Crippen molar-refractivity contribution in [3.05, 3.63) is 90.1 Å². The summed E-state index contributed by atoms with van der Waals surface area (Å²) < 4.78 is 7.30. The van der Waals surface area contributed by atoms with Crippen LogP contribution in [0.25, 0.3) is 33.1 Å². The molecule has 0 aliphatic rings. The number of H-pyrrole nitrogens is 1. The van der Waals surface area contributed by atoms with Crippen molar-refractivity contribution in [1.82, 2.24) is 14.9 Å². The van der Waals surface area contributed by atoms with E-state index in [1.54, 1.807) is 7.11 Å². The lowest BCUT2D eigenvalue weighted by atomic mass is 10.0. The quantitative estimate of drug-likeness (QED) is 0.274. The highest BCUT2D eigenvalue weighted by molar-refractivity contribution is 6.46. The van der Waals surface area contributed by atoms with Gasteiger partial charge in [-0.05, 0) is 41.8 Å². The molecule has 2 heterocycles. The number of hydrogen-bond donors (Lipinski definition) is 2. The van der Waals surface area contributed by atoms with E-state index in [4.69, 9.17) is 4.74 Å². The number of ketones is 1. The molecule has 0 fully saturated rings. The lowest BCUT2D eigenvalue weighted by Crippen LogP contribution is -2.32. The molecule has 0 radical (unpaired) electrons. The number of amides is 1. The van der Waals surface area contributed by atoms with Crippen LogP contribution >= 0.6 is 0 Å². The van der Waals surface area contributed by atoms with E-state index in [0.29, 0.717) is 18.5 Å². The predicted octanol–water partition coefficient (Wildman–Crippen LogP) is 4.88. The lowest BCUT2D eigenvalue weighted by molar-refractivity contribution is -0.116. The number of aromatic nitrogens is 2. The number of ether oxygens (including phenoxy) is 1. The fourth-order valence-corrected chi connectivity index (χ4v) is 4.55. The van der Waals surface area contributed by atoms with Crippen molar-refractivity contribution in [2.24, 2.45) is 7.05 Å². The van der Waals surface area contributed by atoms with Gasteiger partial charge in [-0.3, -0.25) is 9.59 Å². The van der Waals surface area contributed by atoms with E-state index >= 15 is 0 Å². The van der Waals surface area contributed by atoms with Gasteiger partial charge in [0.15, 0.2) is 0 Å². The van der Waals surface area contributed by atoms with Gasteiger partial charge in [-0.15, -0.1) is 0 Å². The largest absolute Gasteiger partial charge is 0.497 e. The Labute approximate surface area is 197 Å². The van der Waals surface area contributed by atoms with E-state index in [1.165, 1.54) is 0 Å². The van der Waals surface area contributed by atoms with Crippen molar-refractivity contribution in [2.75, 3.05) is 13.7 Å². The zero-order chi connectivity index (χ0) is 23.7. The van der Waals surface area contributed by atoms with Gasteiger partial charge in [0.1, 0.15) is 5.75 Å². The number of hydrogen-bond acceptors (Lipinski definition) is 3. The highest BCUT2D eigenvalue weighted by Gasteiger charge is 2.26. The van der Waals surface area contributed by atoms with Crippen molar-refractivity contribution in [3.63, 3.8) is 0 Å². The summed E-state index contributed by atoms with van der Waals surface area (Å²) in [6, 6.07) is 23.2. The van der Waals surface area contributed by atoms with E-state index in [1.807, 2.05) is 90.6 Å². The Kier molecular flexibility index (Phi) is 5.64. The number of carbonyl (C=O) groups excluding carboxylic acids is 2. The van der Waals surface area contributed by atoms with Gasteiger partial charge in [0.2, 0.25) is 0 Å². The Hall–Kier alpha value is -4.32. The van der Waals surface area contributed by atoms with Crippen LogP contribution in [0.5, 0.6) is 5.75 Å². The van der Waals surface area contributed by atoms with Crippen molar-refractivity contribution < 1.29 is 14.3 Å². The first kappa shape index (κ1) is 21.5. The number of methoxy groups -OCH3 is 1. The average molecular weight is 452 g/mol. The minimum absolute atomic E-state index is 0.347. The number of para-hydroxylation sites is 1. The van der Waals surface area contributed by atoms with Crippen molar-refractivity contribution in [3.8, 4) is 17.0 Å². The molecule has 5 aromatic rings. The first-order valence-corrected chi connectivity index (χ1v) is 11.2. The number of rotatable bonds is 7. The molecule has 0 unspecified atom stereocenters. The third kappa shape index (κ3) is 3.73. The Morgan fingerprint density at radius 3 is 2.53 bits per heavy atom. The van der Waals surface area contributed by atoms with Crippen LogP contribution in [-0.2, 0) is 18.3 Å². The normalized spacial score (nSPS) is 11.1. The van der Waals surface area contributed by atoms with Crippen molar-refractivity contribution in [1.29, 1.82) is 0 Å². The molecule has 170 valence electrons. The van der Waals surface area contributed by atoms with Crippen LogP contribution in [0.15, 0.2) is 79.0 Å². The fourth-order valence-electron chi connectivity index (χ4n) is 4.55. The standard InChI is InChI=1S/C28H25N3O3/c1-31-24-11-7-6-10-21(24)25(26(31)18-8-4-3-5-9-18)27(32)28(33)29-15-14-19-17-30-23-13-12-20(34-2)16-22(19)23/h3-13,16-17,30H,14-15H2,1-2H3,(H,29,33). The molecule has 2 aromatic heterocycles. The number of aromatic amines is 1. The zero-order valence-electron chi connectivity index (χ0n) is 19.1. The number of benzene rings is 3. The van der Waals surface area contributed by atoms with Gasteiger partial charge in [-0.1, -0.05) is 48.5 Å². The molecule has 0 bridgehead atoms. The molecular formula is C28H25N3O3. The zero-order valence-corrected chi connectivity index (χ0v) is 19.1. The van der Waals surface area contributed by atoms with Crippen LogP contribution in [0, 0.1) is 0 Å². The average Bonchev–Trinajstić information content (AvgIpc) is 3.42. The van der Waals surface area contributed by atoms with Crippen molar-refractivity contribution >= 4 is 33.5 Å². The van der Waals surface area contributed by atoms with Crippen LogP contribution in [0.3, 0.4) is 0 Å². The fraction of sp³-hybridized carbons (Fsp3) is 0.143. The van der Waals surface area contributed by atoms with Crippen molar-refractivity contribution in [2.45, 2.75) is 6.42 Å². The number of Topliss-reactive ketones (excluding diaryl/α,β-unsaturated/α-hetero) is 1. The molecule has 6 nitrogen and oxygen atoms in total. The summed E-state index contributed by atoms with van der Waals surface area (Å²) in [5, 5.41) is 4.64. The summed E-state index contributed by atoms with van der Waals surface area (Å²) in [6.45, 7) is 0.347. The lowest BCUT2D eigenvalue weighted by Gasteiger charge is -2.09. The molecule has 5 rings (SSSR count). The molecule has 0 saturated carbocycles. The molecule has 0 spiro atoms. The minimum Gasteiger partial charge on any atom is -0.497 e. The maximum absolute atomic E-state index is 13.4. The third-order valence-corrected chi connectivity index (χ3v) is 6.24. The summed E-state index contributed by atoms with van der Waals surface area (Å²) >= 11 is 0. The van der Waals surface area contributed by atoms with Crippen LogP contribution in [0.1, 0.15) is 15.9 Å². The number of nitrogens with zero attached hydrogens (tertiary/aromatic N) is 1. The second-order valence-electron chi connectivity index (χ2n) is 8.23. The number of aryl methyl sites for hydroxylation is 1. The van der Waals surface area contributed by atoms with Gasteiger partial charge >= 0.3 is 0 Å². The Bertz CT molecular complexity index is 1510. The summed E-state index contributed by atoms with van der Waals surface area (Å²) in [5.74, 6) is -0.362. The molecule has 0 atom stereocenters. The smallest absolute Gasteiger partial charge is 0.292 e. The second-order valence-corrected chi connectivity index (χ2v) is 8.23. The highest BCUT2D eigenvalue weighted by Crippen LogP contribution is 2.33. The monoisotopic (exact) mass is 451 g/mol. The maximum atomic E-state index is 13.4. The molecule has 0 aliphatic carbocycles. The first-order chi connectivity index (χ1) is 16.6. The Balaban J connectivity index is 1.40. The summed E-state index contributed by atoms with van der Waals surface area (Å²) in [4.78, 5) is 29.6. The van der Waals surface area contributed by atoms with E-state index in [2.05, 4.69) is 10.3 Å². The van der Waals surface area contributed by atoms with Gasteiger partial charge in [0.05, 0.1) is 18.4 Å². The highest BCUT2D eigenvalue weighted by atomic mass is 16.5. The van der Waals surface area contributed by atoms with E-state index in [0.717, 1.165) is 44.4 Å². The molecule has 3 aromatic carbocycles. The predicted molar refractivity (Wildman–Crippen MR) is 134 cm³/mol. The van der Waals surface area contributed by atoms with Gasteiger partial charge in [-0.2, -0.15) is 0 Å². The minimum atomic E-state index is -0.606. The summed E-state index contributed by atoms with van der Waals surface area (Å²) in [5.41, 5.74) is 5.03. The Morgan fingerprint density at radius 1 is 0.971 bits per heavy atom. The second kappa shape index (κ2) is 8.90. The maximum Gasteiger partial charge on any atom is 0.292 e. The van der Waals surface area contributed by atoms with Crippen LogP contribution < -0.4 is 10.1 Å². The van der Waals surface area contributed by atoms with Gasteiger partial charge in [0, 0.05) is 41.6 Å². The van der Waals surface area contributed by atoms with Gasteiger partial charge in [0.25, 0.3) is 11.7 Å². The molecular weight excluding hydrogens is 426 g/mol. The molecule has 34 heavy (non-hydrogen) atoms. The van der Waals surface area contributed by atoms with Crippen LogP contribution in [0.4, 0.5) is 0 Å². The third-order valence-electron chi connectivity index (χ3n) is 6.24. The molecule has 1 amide bonds. The van der Waals surface area contributed by atoms with E-state index in [-0.39, 0.29) is 0 Å². The molecule has 0 aliphatic heterocycles. The van der Waals surface area contributed by atoms with E-state index in [9.17, 15) is 9.59 Å². The number of carbonyl (C=O) groups is 2. The Morgan fingerprint density at radius 2 is 1.74 bits per heavy atom. The number of nitrogens with one attached hydrogen (secondary N) is 2. The van der Waals surface area contributed by atoms with Crippen LogP contribution in [-0.4, -0.2) is 34.9 Å². The molecule has 0 saturated heterocycles. The van der Waals surface area contributed by atoms with Gasteiger partial charge < -0.3 is 19.6 Å². The van der Waals surface area contributed by atoms with Gasteiger partial charge in [-0.25, -0.2) is 0 Å². The van der Waals surface area contributed by atoms with Crippen LogP contribution in [0.2, 0.25) is 0 Å². The molecule has 6 heteroatoms. The SMILES string of the molecule is COc1ccc2[nH]cc(CCNC(=O)C(=O)c3c(-c4ccccc4)n(C)c4ccccc34)c2c1. The molecule has 2 N–H and O–H groups in total. The summed E-state index contributed by atoms with van der Waals surface area (Å²) in [7, 11) is 3.56. The topological polar surface area (TPSA) is 76.1 Å². The van der Waals surface area contributed by atoms with E-state index < -0.39 is 11.7 Å². The first-order valence-electron chi connectivity index (χ1n) is 11.2. The number of fused-ring (bicyclic) bond motifs is 2.